The van der Waals surface area contributed by atoms with E-state index >= 15 is 0 Å². The van der Waals surface area contributed by atoms with Crippen molar-refractivity contribution in [2.75, 3.05) is 0 Å². The average Bonchev–Trinajstić information content (AvgIpc) is 0.889. The van der Waals surface area contributed by atoms with Gasteiger partial charge in [-0.05, 0) is 132 Å². The summed E-state index contributed by atoms with van der Waals surface area (Å²) in [5.74, 6) is -2.69. The van der Waals surface area contributed by atoms with Crippen LogP contribution in [0.4, 0.5) is 0 Å². The van der Waals surface area contributed by atoms with Crippen LogP contribution in [0.5, 0.6) is 0 Å². The number of hydrogen-bond donors (Lipinski definition) is 0. The summed E-state index contributed by atoms with van der Waals surface area (Å²) in [6.45, 7) is 21.0. The maximum Gasteiger partial charge on any atom is 3.00 e. The Kier molecular flexibility index (Phi) is 92.9. The fraction of sp³-hybridized carbons (Fsp3) is 0.969. The van der Waals surface area contributed by atoms with Crippen molar-refractivity contribution in [2.45, 2.75) is 582 Å². The molecule has 0 aliphatic carbocycles. The molecule has 0 aromatic heterocycles. The number of carbonyl (C=O) groups is 3. The van der Waals surface area contributed by atoms with E-state index < -0.39 is 17.9 Å². The summed E-state index contributed by atoms with van der Waals surface area (Å²) >= 11 is 0. The van der Waals surface area contributed by atoms with Crippen molar-refractivity contribution in [1.82, 2.24) is 0 Å². The first-order valence-electron chi connectivity index (χ1n) is 47.4. The zero-order valence-electron chi connectivity index (χ0n) is 72.1. The molecule has 0 saturated carbocycles. The number of carboxylic acid groups (broad SMARTS) is 3. The van der Waals surface area contributed by atoms with Gasteiger partial charge in [0, 0.05) is 17.9 Å². The van der Waals surface area contributed by atoms with E-state index in [1.54, 1.807) is 0 Å². The van der Waals surface area contributed by atoms with Crippen LogP contribution >= 0.6 is 0 Å². The quantitative estimate of drug-likeness (QED) is 0.0442. The monoisotopic (exact) mass is 1540 g/mol. The molecule has 0 aliphatic rings. The molecule has 617 valence electrons. The number of rotatable bonds is 84. The summed E-state index contributed by atoms with van der Waals surface area (Å²) in [5.41, 5.74) is 1.92. The molecule has 1 radical (unpaired) electrons. The van der Waals surface area contributed by atoms with E-state index in [1.807, 2.05) is 0 Å². The Hall–Kier alpha value is -0.967. The first-order chi connectivity index (χ1) is 49.8. The normalized spacial score (nSPS) is 11.7. The van der Waals surface area contributed by atoms with Gasteiger partial charge in [0.15, 0.2) is 0 Å². The summed E-state index contributed by atoms with van der Waals surface area (Å²) in [6.07, 6.45) is 107. The van der Waals surface area contributed by atoms with Crippen LogP contribution in [0.3, 0.4) is 0 Å². The van der Waals surface area contributed by atoms with E-state index in [4.69, 9.17) is 0 Å². The van der Waals surface area contributed by atoms with Gasteiger partial charge in [-0.2, -0.15) is 0 Å². The molecule has 7 heteroatoms. The molecule has 103 heavy (non-hydrogen) atoms. The van der Waals surface area contributed by atoms with Crippen LogP contribution in [0.25, 0.3) is 0 Å². The Morgan fingerprint density at radius 3 is 0.340 bits per heavy atom. The first kappa shape index (κ1) is 108. The predicted molar refractivity (Wildman–Crippen MR) is 447 cm³/mol. The smallest absolute Gasteiger partial charge is 0.550 e. The summed E-state index contributed by atoms with van der Waals surface area (Å²) in [7, 11) is 0. The molecule has 0 heterocycles. The molecule has 6 nitrogen and oxygen atoms in total. The minimum atomic E-state index is -0.896. The Morgan fingerprint density at radius 2 is 0.243 bits per heavy atom. The van der Waals surface area contributed by atoms with Crippen molar-refractivity contribution in [3.8, 4) is 0 Å². The average molecular weight is 1540 g/mol. The molecule has 0 atom stereocenters. The van der Waals surface area contributed by atoms with Crippen LogP contribution in [0.15, 0.2) is 0 Å². The van der Waals surface area contributed by atoms with E-state index in [0.717, 1.165) is 38.5 Å². The Balaban J connectivity index is -0.000000710. The molecule has 0 aliphatic heterocycles. The summed E-state index contributed by atoms with van der Waals surface area (Å²) < 4.78 is 0. The molecule has 0 amide bonds. The second-order valence-corrected chi connectivity index (χ2v) is 34.0. The Bertz CT molecular complexity index is 1350. The van der Waals surface area contributed by atoms with Crippen molar-refractivity contribution in [1.29, 1.82) is 0 Å². The third-order valence-electron chi connectivity index (χ3n) is 24.1. The van der Waals surface area contributed by atoms with E-state index in [1.165, 1.54) is 462 Å². The van der Waals surface area contributed by atoms with Crippen LogP contribution < -0.4 is 15.3 Å². The number of aliphatic carboxylic acids is 3. The van der Waals surface area contributed by atoms with Crippen molar-refractivity contribution in [2.24, 2.45) is 16.2 Å². The van der Waals surface area contributed by atoms with Crippen LogP contribution in [0.2, 0.25) is 0 Å². The summed E-state index contributed by atoms with van der Waals surface area (Å²) in [6, 6.07) is 0. The molecular weight excluding hydrogens is 1350 g/mol. The molecule has 0 aromatic carbocycles. The number of carboxylic acids is 3. The molecule has 0 bridgehead atoms. The van der Waals surface area contributed by atoms with Crippen LogP contribution in [0.1, 0.15) is 582 Å². The largest absolute Gasteiger partial charge is 3.00 e. The number of hydrogen-bond acceptors (Lipinski definition) is 6. The summed E-state index contributed by atoms with van der Waals surface area (Å²) in [5, 5.41) is 31.3. The van der Waals surface area contributed by atoms with E-state index in [-0.39, 0.29) is 38.7 Å². The standard InChI is InChI=1S/3C32H64O2.Ru/c3*1-4-7-10-22-27-32(28-23-11-8-5-2,29-24-12-9-6-3)30-25-20-18-16-14-13-15-17-19-21-26-31(33)34;/h3*4-30H2,1-3H3,(H,33,34);/q;;;+3/p-3. The minimum Gasteiger partial charge on any atom is -0.550 e. The Labute approximate surface area is 661 Å². The molecule has 0 spiro atoms. The first-order valence-corrected chi connectivity index (χ1v) is 47.4. The maximum atomic E-state index is 10.4. The number of carbonyl (C=O) groups excluding carboxylic acids is 3. The molecule has 0 saturated heterocycles. The maximum absolute atomic E-state index is 10.4. The molecule has 0 N–H and O–H groups in total. The SMILES string of the molecule is CCCCCCC(CCCCCC)(CCCCCC)CCCCCCCCCCCCC(=O)[O-].CCCCCCC(CCCCCC)(CCCCCC)CCCCCCCCCCCCC(=O)[O-].CCCCCCC(CCCCCC)(CCCCCC)CCCCCCCCCCCCC(=O)[O-].[Ru+3]. The van der Waals surface area contributed by atoms with Crippen molar-refractivity contribution in [3.63, 3.8) is 0 Å². The van der Waals surface area contributed by atoms with Gasteiger partial charge >= 0.3 is 19.5 Å². The van der Waals surface area contributed by atoms with Crippen LogP contribution in [0, 0.1) is 16.2 Å². The summed E-state index contributed by atoms with van der Waals surface area (Å²) in [4.78, 5) is 31.3. The van der Waals surface area contributed by atoms with Crippen molar-refractivity contribution < 1.29 is 49.2 Å². The second-order valence-electron chi connectivity index (χ2n) is 34.0. The predicted octanol–water partition coefficient (Wildman–Crippen LogP) is 30.9. The molecule has 0 rings (SSSR count). The zero-order chi connectivity index (χ0) is 75.5. The van der Waals surface area contributed by atoms with Gasteiger partial charge in [-0.15, -0.1) is 0 Å². The second kappa shape index (κ2) is 88.3. The third kappa shape index (κ3) is 81.8. The molecular formula is C96H189O6Ru. The molecule has 0 aromatic rings. The van der Waals surface area contributed by atoms with Crippen molar-refractivity contribution in [3.05, 3.63) is 0 Å². The van der Waals surface area contributed by atoms with Gasteiger partial charge in [0.2, 0.25) is 0 Å². The van der Waals surface area contributed by atoms with E-state index in [0.29, 0.717) is 16.2 Å². The van der Waals surface area contributed by atoms with Gasteiger partial charge < -0.3 is 29.7 Å². The fourth-order valence-electron chi connectivity index (χ4n) is 17.1. The Morgan fingerprint density at radius 1 is 0.155 bits per heavy atom. The topological polar surface area (TPSA) is 120 Å². The fourth-order valence-corrected chi connectivity index (χ4v) is 17.1. The molecule has 0 fully saturated rings. The zero-order valence-corrected chi connectivity index (χ0v) is 73.8. The van der Waals surface area contributed by atoms with Gasteiger partial charge in [-0.3, -0.25) is 0 Å². The third-order valence-corrected chi connectivity index (χ3v) is 24.1. The van der Waals surface area contributed by atoms with Gasteiger partial charge in [0.05, 0.1) is 0 Å². The van der Waals surface area contributed by atoms with Gasteiger partial charge in [0.25, 0.3) is 0 Å². The molecule has 0 unspecified atom stereocenters. The van der Waals surface area contributed by atoms with Gasteiger partial charge in [0.1, 0.15) is 0 Å². The van der Waals surface area contributed by atoms with Crippen molar-refractivity contribution >= 4 is 17.9 Å². The van der Waals surface area contributed by atoms with Crippen LogP contribution in [-0.4, -0.2) is 17.9 Å². The number of unbranched alkanes of at least 4 members (excludes halogenated alkanes) is 54. The van der Waals surface area contributed by atoms with E-state index in [2.05, 4.69) is 62.3 Å². The van der Waals surface area contributed by atoms with Gasteiger partial charge in [-0.1, -0.05) is 467 Å². The van der Waals surface area contributed by atoms with Crippen LogP contribution in [-0.2, 0) is 33.9 Å². The van der Waals surface area contributed by atoms with E-state index in [9.17, 15) is 29.7 Å². The van der Waals surface area contributed by atoms with Gasteiger partial charge in [-0.25, -0.2) is 0 Å². The minimum absolute atomic E-state index is 0.